The summed E-state index contributed by atoms with van der Waals surface area (Å²) in [6, 6.07) is 8.78. The fourth-order valence-electron chi connectivity index (χ4n) is 2.24. The van der Waals surface area contributed by atoms with Crippen molar-refractivity contribution in [1.29, 1.82) is 0 Å². The Morgan fingerprint density at radius 1 is 1.29 bits per heavy atom. The highest BCUT2D eigenvalue weighted by atomic mass is 16.5. The van der Waals surface area contributed by atoms with Gasteiger partial charge in [0.15, 0.2) is 0 Å². The van der Waals surface area contributed by atoms with Crippen molar-refractivity contribution in [3.63, 3.8) is 0 Å². The van der Waals surface area contributed by atoms with Crippen molar-refractivity contribution in [2.75, 3.05) is 32.1 Å². The van der Waals surface area contributed by atoms with Gasteiger partial charge in [-0.15, -0.1) is 0 Å². The number of likely N-dealkylation sites (tertiary alicyclic amines) is 1. The van der Waals surface area contributed by atoms with Crippen LogP contribution in [0.2, 0.25) is 0 Å². The molecule has 1 aliphatic heterocycles. The molecule has 3 nitrogen and oxygen atoms in total. The minimum absolute atomic E-state index is 0.577. The van der Waals surface area contributed by atoms with E-state index in [1.165, 1.54) is 25.9 Å². The summed E-state index contributed by atoms with van der Waals surface area (Å²) in [6.07, 6.45) is 2.41. The summed E-state index contributed by atoms with van der Waals surface area (Å²) in [5.74, 6) is 0.967. The molecule has 0 bridgehead atoms. The van der Waals surface area contributed by atoms with Gasteiger partial charge in [0.2, 0.25) is 0 Å². The predicted molar refractivity (Wildman–Crippen MR) is 71.8 cm³/mol. The highest BCUT2D eigenvalue weighted by Gasteiger charge is 2.17. The van der Waals surface area contributed by atoms with Crippen LogP contribution < -0.4 is 10.1 Å². The number of nitrogens with one attached hydrogen (secondary N) is 1. The van der Waals surface area contributed by atoms with Crippen molar-refractivity contribution in [3.8, 4) is 5.75 Å². The molecule has 0 spiro atoms. The van der Waals surface area contributed by atoms with Gasteiger partial charge in [-0.25, -0.2) is 0 Å². The summed E-state index contributed by atoms with van der Waals surface area (Å²) in [6.45, 7) is 5.08. The topological polar surface area (TPSA) is 24.5 Å². The summed E-state index contributed by atoms with van der Waals surface area (Å²) in [4.78, 5) is 2.38. The van der Waals surface area contributed by atoms with Crippen LogP contribution in [0.1, 0.15) is 19.8 Å². The molecule has 0 saturated carbocycles. The van der Waals surface area contributed by atoms with Crippen molar-refractivity contribution in [1.82, 2.24) is 4.90 Å². The monoisotopic (exact) mass is 234 g/mol. The molecule has 0 aromatic heterocycles. The SMILES string of the molecule is CCOc1ccccc1NC1CCN(C)CC1. The third-order valence-electron chi connectivity index (χ3n) is 3.27. The maximum absolute atomic E-state index is 5.63. The Hall–Kier alpha value is -1.22. The van der Waals surface area contributed by atoms with Gasteiger partial charge >= 0.3 is 0 Å². The van der Waals surface area contributed by atoms with E-state index in [1.54, 1.807) is 0 Å². The zero-order chi connectivity index (χ0) is 12.1. The van der Waals surface area contributed by atoms with Gasteiger partial charge in [-0.05, 0) is 52.0 Å². The molecule has 1 aliphatic rings. The average molecular weight is 234 g/mol. The van der Waals surface area contributed by atoms with Crippen LogP contribution >= 0.6 is 0 Å². The van der Waals surface area contributed by atoms with Gasteiger partial charge in [-0.3, -0.25) is 0 Å². The second-order valence-electron chi connectivity index (χ2n) is 4.65. The van der Waals surface area contributed by atoms with E-state index in [0.29, 0.717) is 12.6 Å². The van der Waals surface area contributed by atoms with Crippen molar-refractivity contribution < 1.29 is 4.74 Å². The number of nitrogens with zero attached hydrogens (tertiary/aromatic N) is 1. The van der Waals surface area contributed by atoms with Crippen LogP contribution in [0.15, 0.2) is 24.3 Å². The number of hydrogen-bond donors (Lipinski definition) is 1. The first-order valence-electron chi connectivity index (χ1n) is 6.46. The molecular weight excluding hydrogens is 212 g/mol. The lowest BCUT2D eigenvalue weighted by atomic mass is 10.1. The van der Waals surface area contributed by atoms with E-state index in [9.17, 15) is 0 Å². The Labute approximate surface area is 104 Å². The van der Waals surface area contributed by atoms with Crippen molar-refractivity contribution >= 4 is 5.69 Å². The van der Waals surface area contributed by atoms with Gasteiger partial charge in [0, 0.05) is 6.04 Å². The first-order chi connectivity index (χ1) is 8.29. The first kappa shape index (κ1) is 12.2. The van der Waals surface area contributed by atoms with E-state index in [-0.39, 0.29) is 0 Å². The predicted octanol–water partition coefficient (Wildman–Crippen LogP) is 2.59. The Kier molecular flexibility index (Phi) is 4.26. The van der Waals surface area contributed by atoms with Gasteiger partial charge in [0.25, 0.3) is 0 Å². The number of rotatable bonds is 4. The summed E-state index contributed by atoms with van der Waals surface area (Å²) >= 11 is 0. The fourth-order valence-corrected chi connectivity index (χ4v) is 2.24. The molecule has 1 fully saturated rings. The molecule has 1 N–H and O–H groups in total. The van der Waals surface area contributed by atoms with E-state index in [0.717, 1.165) is 11.4 Å². The standard InChI is InChI=1S/C14H22N2O/c1-3-17-14-7-5-4-6-13(14)15-12-8-10-16(2)11-9-12/h4-7,12,15H,3,8-11H2,1-2H3. The Bertz CT molecular complexity index is 346. The molecule has 17 heavy (non-hydrogen) atoms. The summed E-state index contributed by atoms with van der Waals surface area (Å²) in [5.41, 5.74) is 1.13. The highest BCUT2D eigenvalue weighted by Crippen LogP contribution is 2.26. The Morgan fingerprint density at radius 3 is 2.71 bits per heavy atom. The van der Waals surface area contributed by atoms with Crippen LogP contribution in [-0.4, -0.2) is 37.7 Å². The number of anilines is 1. The Balaban J connectivity index is 1.98. The minimum Gasteiger partial charge on any atom is -0.492 e. The maximum atomic E-state index is 5.63. The third kappa shape index (κ3) is 3.37. The largest absolute Gasteiger partial charge is 0.492 e. The summed E-state index contributed by atoms with van der Waals surface area (Å²) < 4.78 is 5.63. The van der Waals surface area contributed by atoms with E-state index < -0.39 is 0 Å². The van der Waals surface area contributed by atoms with E-state index in [2.05, 4.69) is 29.4 Å². The van der Waals surface area contributed by atoms with Crippen molar-refractivity contribution in [2.24, 2.45) is 0 Å². The summed E-state index contributed by atoms with van der Waals surface area (Å²) in [7, 11) is 2.18. The first-order valence-corrected chi connectivity index (χ1v) is 6.46. The molecule has 1 aromatic rings. The number of piperidine rings is 1. The zero-order valence-electron chi connectivity index (χ0n) is 10.8. The molecule has 0 amide bonds. The lowest BCUT2D eigenvalue weighted by Crippen LogP contribution is -2.36. The van der Waals surface area contributed by atoms with Crippen molar-refractivity contribution in [2.45, 2.75) is 25.8 Å². The lowest BCUT2D eigenvalue weighted by Gasteiger charge is -2.30. The van der Waals surface area contributed by atoms with Crippen LogP contribution in [-0.2, 0) is 0 Å². The average Bonchev–Trinajstić information content (AvgIpc) is 2.35. The van der Waals surface area contributed by atoms with E-state index in [4.69, 9.17) is 4.74 Å². The molecule has 1 saturated heterocycles. The minimum atomic E-state index is 0.577. The van der Waals surface area contributed by atoms with Crippen molar-refractivity contribution in [3.05, 3.63) is 24.3 Å². The second-order valence-corrected chi connectivity index (χ2v) is 4.65. The molecule has 3 heteroatoms. The normalized spacial score (nSPS) is 18.0. The fraction of sp³-hybridized carbons (Fsp3) is 0.571. The number of benzene rings is 1. The van der Waals surface area contributed by atoms with Crippen LogP contribution in [0.25, 0.3) is 0 Å². The number of hydrogen-bond acceptors (Lipinski definition) is 3. The molecule has 0 aliphatic carbocycles. The van der Waals surface area contributed by atoms with Gasteiger partial charge in [-0.2, -0.15) is 0 Å². The quantitative estimate of drug-likeness (QED) is 0.866. The number of ether oxygens (including phenoxy) is 1. The van der Waals surface area contributed by atoms with Gasteiger partial charge in [0.1, 0.15) is 5.75 Å². The molecule has 0 unspecified atom stereocenters. The zero-order valence-corrected chi connectivity index (χ0v) is 10.8. The van der Waals surface area contributed by atoms with E-state index in [1.807, 2.05) is 19.1 Å². The smallest absolute Gasteiger partial charge is 0.142 e. The third-order valence-corrected chi connectivity index (χ3v) is 3.27. The van der Waals surface area contributed by atoms with E-state index >= 15 is 0 Å². The van der Waals surface area contributed by atoms with Crippen LogP contribution in [0, 0.1) is 0 Å². The van der Waals surface area contributed by atoms with Crippen LogP contribution in [0.4, 0.5) is 5.69 Å². The molecule has 1 aromatic carbocycles. The molecule has 0 radical (unpaired) electrons. The number of para-hydroxylation sites is 2. The molecule has 1 heterocycles. The van der Waals surface area contributed by atoms with Gasteiger partial charge in [0.05, 0.1) is 12.3 Å². The summed E-state index contributed by atoms with van der Waals surface area (Å²) in [5, 5.41) is 3.60. The molecular formula is C14H22N2O. The molecule has 0 atom stereocenters. The Morgan fingerprint density at radius 2 is 2.00 bits per heavy atom. The van der Waals surface area contributed by atoms with Gasteiger partial charge in [-0.1, -0.05) is 12.1 Å². The lowest BCUT2D eigenvalue weighted by molar-refractivity contribution is 0.263. The maximum Gasteiger partial charge on any atom is 0.142 e. The molecule has 2 rings (SSSR count). The van der Waals surface area contributed by atoms with Gasteiger partial charge < -0.3 is 15.0 Å². The highest BCUT2D eigenvalue weighted by molar-refractivity contribution is 5.56. The van der Waals surface area contributed by atoms with Crippen LogP contribution in [0.3, 0.4) is 0 Å². The molecule has 94 valence electrons. The van der Waals surface area contributed by atoms with Crippen LogP contribution in [0.5, 0.6) is 5.75 Å². The second kappa shape index (κ2) is 5.92.